The van der Waals surface area contributed by atoms with Crippen molar-refractivity contribution in [3.8, 4) is 0 Å². The van der Waals surface area contributed by atoms with E-state index in [1.807, 2.05) is 0 Å². The fourth-order valence-corrected chi connectivity index (χ4v) is 4.56. The zero-order chi connectivity index (χ0) is 22.2. The lowest BCUT2D eigenvalue weighted by molar-refractivity contribution is -0.689. The molecule has 0 unspecified atom stereocenters. The summed E-state index contributed by atoms with van der Waals surface area (Å²) in [5.41, 5.74) is 5.87. The van der Waals surface area contributed by atoms with Crippen molar-refractivity contribution in [1.82, 2.24) is 0 Å². The van der Waals surface area contributed by atoms with Crippen molar-refractivity contribution in [1.29, 1.82) is 0 Å². The van der Waals surface area contributed by atoms with E-state index >= 15 is 0 Å². The van der Waals surface area contributed by atoms with Gasteiger partial charge in [-0.2, -0.15) is 0 Å². The second-order valence-corrected chi connectivity index (χ2v) is 9.47. The van der Waals surface area contributed by atoms with Crippen LogP contribution in [-0.4, -0.2) is 0 Å². The fourth-order valence-electron chi connectivity index (χ4n) is 4.56. The molecule has 0 fully saturated rings. The van der Waals surface area contributed by atoms with E-state index in [2.05, 4.69) is 68.1 Å². The van der Waals surface area contributed by atoms with Gasteiger partial charge in [0.2, 0.25) is 0 Å². The summed E-state index contributed by atoms with van der Waals surface area (Å²) < 4.78 is 2.40. The standard InChI is InChI=1S/C30H48N/c1-4-7-8-9-10-11-12-13-14-15-18-27-19-21-28(22-20-27)24-31-25-29(16-5-2)23-30(26-31)17-6-3/h19-23,25-26H,4-18,24H2,1-3H3/q+1. The van der Waals surface area contributed by atoms with Crippen LogP contribution in [0, 0.1) is 0 Å². The van der Waals surface area contributed by atoms with Gasteiger partial charge in [-0.25, -0.2) is 4.57 Å². The van der Waals surface area contributed by atoms with Gasteiger partial charge < -0.3 is 0 Å². The van der Waals surface area contributed by atoms with Crippen molar-refractivity contribution in [2.24, 2.45) is 0 Å². The molecule has 0 amide bonds. The zero-order valence-electron chi connectivity index (χ0n) is 20.8. The molecule has 0 N–H and O–H groups in total. The number of hydrogen-bond acceptors (Lipinski definition) is 0. The minimum absolute atomic E-state index is 0.979. The third-order valence-corrected chi connectivity index (χ3v) is 6.32. The molecular formula is C30H48N+. The Kier molecular flexibility index (Phi) is 13.3. The number of rotatable bonds is 17. The van der Waals surface area contributed by atoms with Crippen molar-refractivity contribution in [2.45, 2.75) is 124 Å². The number of aryl methyl sites for hydroxylation is 3. The van der Waals surface area contributed by atoms with Crippen LogP contribution in [0.15, 0.2) is 42.7 Å². The number of nitrogens with zero attached hydrogens (tertiary/aromatic N) is 1. The van der Waals surface area contributed by atoms with Gasteiger partial charge in [-0.1, -0.05) is 116 Å². The molecule has 0 aliphatic rings. The highest BCUT2D eigenvalue weighted by Crippen LogP contribution is 2.13. The van der Waals surface area contributed by atoms with Gasteiger partial charge >= 0.3 is 0 Å². The van der Waals surface area contributed by atoms with E-state index in [1.54, 1.807) is 0 Å². The number of unbranched alkanes of at least 4 members (excludes halogenated alkanes) is 9. The van der Waals surface area contributed by atoms with Crippen LogP contribution in [0.3, 0.4) is 0 Å². The van der Waals surface area contributed by atoms with Crippen LogP contribution >= 0.6 is 0 Å². The summed E-state index contributed by atoms with van der Waals surface area (Å²) in [5, 5.41) is 0. The molecule has 0 saturated carbocycles. The molecule has 1 heterocycles. The first-order valence-electron chi connectivity index (χ1n) is 13.3. The highest BCUT2D eigenvalue weighted by atomic mass is 14.9. The Labute approximate surface area is 193 Å². The first-order valence-corrected chi connectivity index (χ1v) is 13.3. The predicted molar refractivity (Wildman–Crippen MR) is 136 cm³/mol. The largest absolute Gasteiger partial charge is 0.200 e. The summed E-state index contributed by atoms with van der Waals surface area (Å²) in [6, 6.07) is 11.8. The average molecular weight is 423 g/mol. The van der Waals surface area contributed by atoms with Crippen molar-refractivity contribution in [3.05, 3.63) is 65.0 Å². The maximum absolute atomic E-state index is 2.40. The van der Waals surface area contributed by atoms with Gasteiger partial charge in [0.25, 0.3) is 0 Å². The second-order valence-electron chi connectivity index (χ2n) is 9.47. The van der Waals surface area contributed by atoms with Crippen LogP contribution in [0.4, 0.5) is 0 Å². The predicted octanol–water partition coefficient (Wildman–Crippen LogP) is 8.39. The van der Waals surface area contributed by atoms with Crippen LogP contribution in [0.1, 0.15) is 120 Å². The molecule has 0 atom stereocenters. The Morgan fingerprint density at radius 2 is 0.968 bits per heavy atom. The van der Waals surface area contributed by atoms with Crippen LogP contribution in [0.25, 0.3) is 0 Å². The van der Waals surface area contributed by atoms with Crippen molar-refractivity contribution in [3.63, 3.8) is 0 Å². The molecule has 1 aromatic heterocycles. The first kappa shape index (κ1) is 25.6. The lowest BCUT2D eigenvalue weighted by atomic mass is 10.0. The maximum Gasteiger partial charge on any atom is 0.173 e. The molecular weight excluding hydrogens is 374 g/mol. The highest BCUT2D eigenvalue weighted by molar-refractivity contribution is 5.22. The van der Waals surface area contributed by atoms with Gasteiger partial charge in [0.05, 0.1) is 0 Å². The molecule has 0 spiro atoms. The van der Waals surface area contributed by atoms with Crippen LogP contribution in [0.5, 0.6) is 0 Å². The third kappa shape index (κ3) is 11.0. The molecule has 2 rings (SSSR count). The summed E-state index contributed by atoms with van der Waals surface area (Å²) in [4.78, 5) is 0. The monoisotopic (exact) mass is 422 g/mol. The Morgan fingerprint density at radius 3 is 1.48 bits per heavy atom. The van der Waals surface area contributed by atoms with E-state index in [-0.39, 0.29) is 0 Å². The molecule has 0 saturated heterocycles. The van der Waals surface area contributed by atoms with Crippen molar-refractivity contribution >= 4 is 0 Å². The van der Waals surface area contributed by atoms with E-state index in [1.165, 1.54) is 119 Å². The molecule has 2 aromatic rings. The third-order valence-electron chi connectivity index (χ3n) is 6.32. The lowest BCUT2D eigenvalue weighted by Crippen LogP contribution is -2.35. The van der Waals surface area contributed by atoms with E-state index < -0.39 is 0 Å². The topological polar surface area (TPSA) is 3.88 Å². The first-order chi connectivity index (χ1) is 15.2. The van der Waals surface area contributed by atoms with Gasteiger partial charge in [0.1, 0.15) is 0 Å². The summed E-state index contributed by atoms with van der Waals surface area (Å²) in [7, 11) is 0. The summed E-state index contributed by atoms with van der Waals surface area (Å²) in [6.07, 6.45) is 24.8. The van der Waals surface area contributed by atoms with Crippen molar-refractivity contribution < 1.29 is 4.57 Å². The molecule has 1 aromatic carbocycles. The Morgan fingerprint density at radius 1 is 0.484 bits per heavy atom. The number of hydrogen-bond donors (Lipinski definition) is 0. The van der Waals surface area contributed by atoms with E-state index in [0.717, 1.165) is 6.54 Å². The van der Waals surface area contributed by atoms with E-state index in [0.29, 0.717) is 0 Å². The molecule has 0 bridgehead atoms. The zero-order valence-corrected chi connectivity index (χ0v) is 20.8. The second kappa shape index (κ2) is 16.1. The molecule has 1 heteroatoms. The molecule has 0 aliphatic carbocycles. The van der Waals surface area contributed by atoms with Crippen molar-refractivity contribution in [2.75, 3.05) is 0 Å². The summed E-state index contributed by atoms with van der Waals surface area (Å²) in [5.74, 6) is 0. The summed E-state index contributed by atoms with van der Waals surface area (Å²) >= 11 is 0. The molecule has 31 heavy (non-hydrogen) atoms. The Bertz CT molecular complexity index is 677. The number of pyridine rings is 1. The Balaban J connectivity index is 1.71. The van der Waals surface area contributed by atoms with Crippen LogP contribution in [-0.2, 0) is 25.8 Å². The van der Waals surface area contributed by atoms with Gasteiger partial charge in [-0.05, 0) is 37.3 Å². The minimum Gasteiger partial charge on any atom is -0.200 e. The smallest absolute Gasteiger partial charge is 0.173 e. The van der Waals surface area contributed by atoms with Gasteiger partial charge in [0.15, 0.2) is 18.9 Å². The van der Waals surface area contributed by atoms with Gasteiger partial charge in [-0.3, -0.25) is 0 Å². The normalized spacial score (nSPS) is 11.2. The molecule has 172 valence electrons. The van der Waals surface area contributed by atoms with Crippen LogP contribution in [0.2, 0.25) is 0 Å². The SMILES string of the molecule is CCCCCCCCCCCCc1ccc(C[n+]2cc(CCC)cc(CCC)c2)cc1. The quantitative estimate of drug-likeness (QED) is 0.178. The average Bonchev–Trinajstić information content (AvgIpc) is 2.76. The Hall–Kier alpha value is -1.63. The molecule has 0 aliphatic heterocycles. The highest BCUT2D eigenvalue weighted by Gasteiger charge is 2.08. The number of benzene rings is 1. The van der Waals surface area contributed by atoms with E-state index in [4.69, 9.17) is 0 Å². The number of aromatic nitrogens is 1. The van der Waals surface area contributed by atoms with E-state index in [9.17, 15) is 0 Å². The minimum atomic E-state index is 0.979. The molecule has 0 radical (unpaired) electrons. The van der Waals surface area contributed by atoms with Gasteiger partial charge in [0, 0.05) is 16.7 Å². The van der Waals surface area contributed by atoms with Crippen LogP contribution < -0.4 is 4.57 Å². The maximum atomic E-state index is 2.40. The fraction of sp³-hybridized carbons (Fsp3) is 0.633. The molecule has 1 nitrogen and oxygen atoms in total. The summed E-state index contributed by atoms with van der Waals surface area (Å²) in [6.45, 7) is 7.81. The van der Waals surface area contributed by atoms with Gasteiger partial charge in [-0.15, -0.1) is 0 Å². The lowest BCUT2D eigenvalue weighted by Gasteiger charge is -2.06.